The van der Waals surface area contributed by atoms with Gasteiger partial charge in [-0.3, -0.25) is 0 Å². The van der Waals surface area contributed by atoms with Crippen molar-refractivity contribution in [3.05, 3.63) is 59.2 Å². The maximum Gasteiger partial charge on any atom is 0.334 e. The quantitative estimate of drug-likeness (QED) is 0.658. The van der Waals surface area contributed by atoms with Crippen LogP contribution in [0.5, 0.6) is 0 Å². The lowest BCUT2D eigenvalue weighted by Gasteiger charge is -2.32. The van der Waals surface area contributed by atoms with Gasteiger partial charge in [-0.2, -0.15) is 5.26 Å². The summed E-state index contributed by atoms with van der Waals surface area (Å²) in [5, 5.41) is 25.5. The molecule has 0 aliphatic heterocycles. The van der Waals surface area contributed by atoms with Crippen LogP contribution < -0.4 is 10.6 Å². The van der Waals surface area contributed by atoms with E-state index in [0.29, 0.717) is 17.7 Å². The SMILES string of the molecule is CCNc1ccc(C(CC)(Nc2ccc(C#N)cc2)C(=O)O)cc1CC. The summed E-state index contributed by atoms with van der Waals surface area (Å²) in [6.07, 6.45) is 1.19. The fourth-order valence-electron chi connectivity index (χ4n) is 3.08. The number of nitriles is 1. The minimum absolute atomic E-state index is 0.381. The Morgan fingerprint density at radius 2 is 1.85 bits per heavy atom. The molecule has 0 spiro atoms. The molecule has 1 atom stereocenters. The number of carboxylic acid groups (broad SMARTS) is 1. The first kappa shape index (κ1) is 19.3. The van der Waals surface area contributed by atoms with Crippen molar-refractivity contribution in [2.24, 2.45) is 0 Å². The lowest BCUT2D eigenvalue weighted by molar-refractivity contribution is -0.142. The van der Waals surface area contributed by atoms with E-state index < -0.39 is 11.5 Å². The number of anilines is 2. The molecule has 136 valence electrons. The third kappa shape index (κ3) is 3.80. The number of nitrogens with one attached hydrogen (secondary N) is 2. The molecule has 0 bridgehead atoms. The number of carboxylic acids is 1. The Morgan fingerprint density at radius 1 is 1.15 bits per heavy atom. The number of hydrogen-bond donors (Lipinski definition) is 3. The molecule has 0 aliphatic carbocycles. The summed E-state index contributed by atoms with van der Waals surface area (Å²) in [6, 6.07) is 14.7. The van der Waals surface area contributed by atoms with Crippen molar-refractivity contribution in [2.75, 3.05) is 17.2 Å². The second-order valence-electron chi connectivity index (χ2n) is 6.13. The van der Waals surface area contributed by atoms with Crippen LogP contribution in [0.15, 0.2) is 42.5 Å². The molecule has 0 saturated heterocycles. The van der Waals surface area contributed by atoms with E-state index in [1.807, 2.05) is 32.0 Å². The van der Waals surface area contributed by atoms with Crippen LogP contribution in [0.1, 0.15) is 43.9 Å². The number of hydrogen-bond acceptors (Lipinski definition) is 4. The van der Waals surface area contributed by atoms with Crippen molar-refractivity contribution >= 4 is 17.3 Å². The van der Waals surface area contributed by atoms with Gasteiger partial charge in [0.25, 0.3) is 0 Å². The fraction of sp³-hybridized carbons (Fsp3) is 0.333. The van der Waals surface area contributed by atoms with Gasteiger partial charge in [0.05, 0.1) is 11.6 Å². The summed E-state index contributed by atoms with van der Waals surface area (Å²) < 4.78 is 0. The second-order valence-corrected chi connectivity index (χ2v) is 6.13. The third-order valence-corrected chi connectivity index (χ3v) is 4.61. The lowest BCUT2D eigenvalue weighted by Crippen LogP contribution is -2.43. The lowest BCUT2D eigenvalue weighted by atomic mass is 9.85. The molecule has 0 heterocycles. The maximum atomic E-state index is 12.3. The summed E-state index contributed by atoms with van der Waals surface area (Å²) in [4.78, 5) is 12.3. The van der Waals surface area contributed by atoms with Gasteiger partial charge in [0.2, 0.25) is 0 Å². The van der Waals surface area contributed by atoms with Gasteiger partial charge in [0, 0.05) is 17.9 Å². The highest BCUT2D eigenvalue weighted by Gasteiger charge is 2.39. The summed E-state index contributed by atoms with van der Waals surface area (Å²) in [5.41, 5.74) is 2.81. The van der Waals surface area contributed by atoms with Crippen molar-refractivity contribution < 1.29 is 9.90 Å². The topological polar surface area (TPSA) is 85.1 Å². The standard InChI is InChI=1S/C21H25N3O2/c1-4-16-13-17(9-12-19(16)23-6-3)21(5-2,20(25)26)24-18-10-7-15(14-22)8-11-18/h7-13,23-24H,4-6H2,1-3H3,(H,25,26). The normalized spacial score (nSPS) is 12.7. The highest BCUT2D eigenvalue weighted by atomic mass is 16.4. The van der Waals surface area contributed by atoms with Gasteiger partial charge in [-0.25, -0.2) is 4.79 Å². The first-order valence-electron chi connectivity index (χ1n) is 8.89. The van der Waals surface area contributed by atoms with Crippen LogP contribution in [-0.2, 0) is 16.8 Å². The number of nitrogens with zero attached hydrogens (tertiary/aromatic N) is 1. The number of benzene rings is 2. The first-order chi connectivity index (χ1) is 12.5. The van der Waals surface area contributed by atoms with Gasteiger partial charge in [-0.15, -0.1) is 0 Å². The Balaban J connectivity index is 2.48. The molecule has 0 aromatic heterocycles. The van der Waals surface area contributed by atoms with Crippen molar-refractivity contribution in [1.29, 1.82) is 5.26 Å². The van der Waals surface area contributed by atoms with Gasteiger partial charge >= 0.3 is 5.97 Å². The van der Waals surface area contributed by atoms with Crippen LogP contribution in [-0.4, -0.2) is 17.6 Å². The average molecular weight is 351 g/mol. The van der Waals surface area contributed by atoms with Gasteiger partial charge in [-0.1, -0.05) is 26.0 Å². The first-order valence-corrected chi connectivity index (χ1v) is 8.89. The van der Waals surface area contributed by atoms with E-state index in [4.69, 9.17) is 5.26 Å². The highest BCUT2D eigenvalue weighted by molar-refractivity contribution is 5.85. The van der Waals surface area contributed by atoms with E-state index >= 15 is 0 Å². The van der Waals surface area contributed by atoms with Crippen molar-refractivity contribution in [3.63, 3.8) is 0 Å². The fourth-order valence-corrected chi connectivity index (χ4v) is 3.08. The molecule has 2 aromatic carbocycles. The Morgan fingerprint density at radius 3 is 2.35 bits per heavy atom. The van der Waals surface area contributed by atoms with Crippen LogP contribution in [0.3, 0.4) is 0 Å². The smallest absolute Gasteiger partial charge is 0.334 e. The zero-order valence-electron chi connectivity index (χ0n) is 15.5. The van der Waals surface area contributed by atoms with E-state index in [1.165, 1.54) is 0 Å². The van der Waals surface area contributed by atoms with E-state index in [0.717, 1.165) is 29.8 Å². The Bertz CT molecular complexity index is 809. The Kier molecular flexibility index (Phi) is 6.24. The molecule has 0 aliphatic rings. The molecular formula is C21H25N3O2. The molecule has 5 heteroatoms. The number of aryl methyl sites for hydroxylation is 1. The van der Waals surface area contributed by atoms with Crippen LogP contribution in [0.4, 0.5) is 11.4 Å². The maximum absolute atomic E-state index is 12.3. The van der Waals surface area contributed by atoms with Crippen LogP contribution in [0.2, 0.25) is 0 Å². The zero-order chi connectivity index (χ0) is 19.2. The largest absolute Gasteiger partial charge is 0.479 e. The summed E-state index contributed by atoms with van der Waals surface area (Å²) in [6.45, 7) is 6.76. The molecular weight excluding hydrogens is 326 g/mol. The predicted molar refractivity (Wildman–Crippen MR) is 104 cm³/mol. The third-order valence-electron chi connectivity index (χ3n) is 4.61. The minimum atomic E-state index is -1.23. The molecule has 5 nitrogen and oxygen atoms in total. The van der Waals surface area contributed by atoms with Crippen molar-refractivity contribution in [1.82, 2.24) is 0 Å². The van der Waals surface area contributed by atoms with E-state index in [1.54, 1.807) is 24.3 Å². The molecule has 2 aromatic rings. The molecule has 0 saturated carbocycles. The van der Waals surface area contributed by atoms with Crippen LogP contribution in [0, 0.1) is 11.3 Å². The van der Waals surface area contributed by atoms with Crippen LogP contribution in [0.25, 0.3) is 0 Å². The predicted octanol–water partition coefficient (Wildman–Crippen LogP) is 4.35. The summed E-state index contributed by atoms with van der Waals surface area (Å²) in [5.74, 6) is -0.928. The molecule has 0 fully saturated rings. The van der Waals surface area contributed by atoms with Gasteiger partial charge in [0.15, 0.2) is 5.54 Å². The summed E-state index contributed by atoms with van der Waals surface area (Å²) >= 11 is 0. The molecule has 0 amide bonds. The second kappa shape index (κ2) is 8.39. The van der Waals surface area contributed by atoms with E-state index in [2.05, 4.69) is 23.6 Å². The van der Waals surface area contributed by atoms with Gasteiger partial charge in [0.1, 0.15) is 0 Å². The van der Waals surface area contributed by atoms with E-state index in [9.17, 15) is 9.90 Å². The average Bonchev–Trinajstić information content (AvgIpc) is 2.67. The minimum Gasteiger partial charge on any atom is -0.479 e. The number of aliphatic carboxylic acids is 1. The van der Waals surface area contributed by atoms with Crippen molar-refractivity contribution in [3.8, 4) is 6.07 Å². The van der Waals surface area contributed by atoms with Crippen LogP contribution >= 0.6 is 0 Å². The van der Waals surface area contributed by atoms with Crippen molar-refractivity contribution in [2.45, 2.75) is 39.2 Å². The molecule has 1 unspecified atom stereocenters. The molecule has 26 heavy (non-hydrogen) atoms. The van der Waals surface area contributed by atoms with Gasteiger partial charge < -0.3 is 15.7 Å². The zero-order valence-corrected chi connectivity index (χ0v) is 15.5. The molecule has 2 rings (SSSR count). The number of carbonyl (C=O) groups is 1. The Hall–Kier alpha value is -3.00. The monoisotopic (exact) mass is 351 g/mol. The van der Waals surface area contributed by atoms with Gasteiger partial charge in [-0.05, 0) is 61.2 Å². The summed E-state index contributed by atoms with van der Waals surface area (Å²) in [7, 11) is 0. The Labute approximate surface area is 154 Å². The molecule has 0 radical (unpaired) electrons. The number of rotatable bonds is 8. The highest BCUT2D eigenvalue weighted by Crippen LogP contribution is 2.33. The van der Waals surface area contributed by atoms with E-state index in [-0.39, 0.29) is 0 Å². The molecule has 3 N–H and O–H groups in total.